The first-order valence-electron chi connectivity index (χ1n) is 14.3. The largest absolute Gasteiger partial charge is 0.460 e. The number of alkyl halides is 7. The predicted molar refractivity (Wildman–Crippen MR) is 147 cm³/mol. The van der Waals surface area contributed by atoms with E-state index in [9.17, 15) is 71.1 Å². The number of halogens is 15. The van der Waals surface area contributed by atoms with Crippen LogP contribution in [0.1, 0.15) is 20.3 Å². The fraction of sp³-hybridized carbons (Fsp3) is 0.500. The first kappa shape index (κ1) is 52.0. The lowest BCUT2D eigenvalue weighted by molar-refractivity contribution is -0.787. The molecular formula is C28H27F15O13. The van der Waals surface area contributed by atoms with Crippen molar-refractivity contribution in [1.29, 1.82) is 0 Å². The normalized spacial score (nSPS) is 15.8. The van der Waals surface area contributed by atoms with E-state index in [1.165, 1.54) is 13.8 Å². The molecule has 0 rings (SSSR count). The van der Waals surface area contributed by atoms with E-state index < -0.39 is 122 Å². The molecule has 2 unspecified atom stereocenters. The minimum Gasteiger partial charge on any atom is -0.460 e. The fourth-order valence-electron chi connectivity index (χ4n) is 2.72. The Morgan fingerprint density at radius 3 is 1.61 bits per heavy atom. The van der Waals surface area contributed by atoms with Crippen LogP contribution in [-0.4, -0.2) is 82.3 Å². The van der Waals surface area contributed by atoms with E-state index in [2.05, 4.69) is 52.9 Å². The van der Waals surface area contributed by atoms with Gasteiger partial charge in [0.25, 0.3) is 0 Å². The fourth-order valence-corrected chi connectivity index (χ4v) is 2.72. The minimum absolute atomic E-state index is 0.0282. The summed E-state index contributed by atoms with van der Waals surface area (Å²) < 4.78 is 222. The van der Waals surface area contributed by atoms with Gasteiger partial charge in [0, 0.05) is 32.9 Å². The molecule has 0 aliphatic carbocycles. The summed E-state index contributed by atoms with van der Waals surface area (Å²) >= 11 is 0. The van der Waals surface area contributed by atoms with Crippen LogP contribution >= 0.6 is 0 Å². The summed E-state index contributed by atoms with van der Waals surface area (Å²) in [5, 5.41) is 19.1. The van der Waals surface area contributed by atoms with E-state index in [1.54, 1.807) is 0 Å². The van der Waals surface area contributed by atoms with Gasteiger partial charge in [-0.25, -0.2) is 49.1 Å². The molecule has 0 heterocycles. The molecule has 0 aliphatic rings. The van der Waals surface area contributed by atoms with Crippen LogP contribution < -0.4 is 0 Å². The molecule has 0 fully saturated rings. The van der Waals surface area contributed by atoms with Gasteiger partial charge in [0.2, 0.25) is 23.3 Å². The second kappa shape index (κ2) is 24.6. The van der Waals surface area contributed by atoms with E-state index in [-0.39, 0.29) is 24.4 Å². The van der Waals surface area contributed by atoms with Gasteiger partial charge >= 0.3 is 29.9 Å². The van der Waals surface area contributed by atoms with Gasteiger partial charge in [0.15, 0.2) is 23.3 Å². The van der Waals surface area contributed by atoms with E-state index in [0.717, 1.165) is 0 Å². The third-order valence-electron chi connectivity index (χ3n) is 5.45. The molecule has 0 saturated heterocycles. The Labute approximate surface area is 303 Å². The predicted octanol–water partition coefficient (Wildman–Crippen LogP) is 8.06. The highest BCUT2D eigenvalue weighted by Crippen LogP contribution is 2.51. The Balaban J connectivity index is 5.79. The standard InChI is InChI=1S/C28H27F15O13/c1-13(2)24(44)48-9-8-47-12-15(50-52-54-56-55-53-51-25(45)14(3)4)11-46-6-5-7-49-26(38,27(39,40)28(41,42)43)23(37)22(36)21(35)20(34)19(33)18(32)17(31)16(30)10-29/h15H,1,3,5-12H2,2,4H3/b17-16+,19-18+,21-20+,23-22+. The zero-order valence-electron chi connectivity index (χ0n) is 28.1. The summed E-state index contributed by atoms with van der Waals surface area (Å²) in [7, 11) is 0. The summed E-state index contributed by atoms with van der Waals surface area (Å²) in [6.07, 6.45) is -9.69. The van der Waals surface area contributed by atoms with Crippen molar-refractivity contribution in [3.63, 3.8) is 0 Å². The molecule has 0 saturated carbocycles. The van der Waals surface area contributed by atoms with Crippen LogP contribution in [0.3, 0.4) is 0 Å². The molecule has 0 aromatic rings. The zero-order chi connectivity index (χ0) is 43.4. The molecular weight excluding hydrogens is 829 g/mol. The average Bonchev–Trinajstić information content (AvgIpc) is 3.14. The van der Waals surface area contributed by atoms with Crippen molar-refractivity contribution < 1.29 is 129 Å². The summed E-state index contributed by atoms with van der Waals surface area (Å²) in [6, 6.07) is 0. The molecule has 0 spiro atoms. The van der Waals surface area contributed by atoms with Crippen LogP contribution in [0.2, 0.25) is 0 Å². The van der Waals surface area contributed by atoms with Gasteiger partial charge in [0.05, 0.1) is 26.4 Å². The van der Waals surface area contributed by atoms with Crippen LogP contribution in [0.5, 0.6) is 0 Å². The second-order valence-corrected chi connectivity index (χ2v) is 9.88. The number of hydrogen-bond acceptors (Lipinski definition) is 13. The lowest BCUT2D eigenvalue weighted by Gasteiger charge is -2.33. The maximum Gasteiger partial charge on any atom is 0.460 e. The Morgan fingerprint density at radius 2 is 1.09 bits per heavy atom. The molecule has 0 aromatic carbocycles. The number of carbonyl (C=O) groups excluding carboxylic acids is 2. The molecule has 13 nitrogen and oxygen atoms in total. The molecule has 56 heavy (non-hydrogen) atoms. The minimum atomic E-state index is -7.19. The molecule has 0 radical (unpaired) electrons. The van der Waals surface area contributed by atoms with Gasteiger partial charge in [-0.15, -0.1) is 0 Å². The lowest BCUT2D eigenvalue weighted by atomic mass is 10.1. The Kier molecular flexibility index (Phi) is 22.8. The van der Waals surface area contributed by atoms with E-state index >= 15 is 4.39 Å². The molecule has 0 aromatic heterocycles. The van der Waals surface area contributed by atoms with E-state index in [4.69, 9.17) is 14.2 Å². The van der Waals surface area contributed by atoms with Crippen molar-refractivity contribution in [3.05, 3.63) is 70.9 Å². The van der Waals surface area contributed by atoms with Crippen molar-refractivity contribution >= 4 is 11.9 Å². The van der Waals surface area contributed by atoms with Crippen LogP contribution in [0, 0.1) is 0 Å². The number of hydrogen-bond donors (Lipinski definition) is 0. The summed E-state index contributed by atoms with van der Waals surface area (Å²) in [6.45, 7) is 1.81. The lowest BCUT2D eigenvalue weighted by Crippen LogP contribution is -2.56. The second-order valence-electron chi connectivity index (χ2n) is 9.88. The third-order valence-corrected chi connectivity index (χ3v) is 5.45. The average molecular weight is 856 g/mol. The highest BCUT2D eigenvalue weighted by atomic mass is 19.4. The molecule has 0 amide bonds. The number of allylic oxidation sites excluding steroid dienone is 7. The molecule has 0 aliphatic heterocycles. The number of rotatable bonds is 27. The van der Waals surface area contributed by atoms with Crippen LogP contribution in [-0.2, 0) is 63.5 Å². The van der Waals surface area contributed by atoms with Crippen molar-refractivity contribution in [2.24, 2.45) is 0 Å². The molecule has 322 valence electrons. The molecule has 0 N–H and O–H groups in total. The maximum atomic E-state index is 15.0. The Morgan fingerprint density at radius 1 is 0.607 bits per heavy atom. The number of ether oxygens (including phenoxy) is 4. The van der Waals surface area contributed by atoms with Crippen LogP contribution in [0.15, 0.2) is 70.9 Å². The van der Waals surface area contributed by atoms with E-state index in [0.29, 0.717) is 0 Å². The zero-order valence-corrected chi connectivity index (χ0v) is 28.1. The first-order valence-corrected chi connectivity index (χ1v) is 14.3. The first-order chi connectivity index (χ1) is 25.9. The summed E-state index contributed by atoms with van der Waals surface area (Å²) in [5.41, 5.74) is -0.110. The monoisotopic (exact) mass is 856 g/mol. The van der Waals surface area contributed by atoms with Crippen molar-refractivity contribution in [3.8, 4) is 0 Å². The smallest absolute Gasteiger partial charge is 0.460 e. The van der Waals surface area contributed by atoms with Gasteiger partial charge in [-0.1, -0.05) is 13.2 Å². The van der Waals surface area contributed by atoms with Crippen LogP contribution in [0.25, 0.3) is 0 Å². The highest BCUT2D eigenvalue weighted by Gasteiger charge is 2.75. The SMILES string of the molecule is C=C(C)C(=O)OCCOCC(COCCCOC(F)(/C(F)=C(F)/C(F)=C(F)/C(F)=C(F)/C(F)=C(\F)CF)C(F)(F)C(F)(F)F)OOOOOOOC(=O)C(=C)C. The van der Waals surface area contributed by atoms with Crippen molar-refractivity contribution in [2.45, 2.75) is 44.3 Å². The number of esters is 1. The molecule has 28 heteroatoms. The van der Waals surface area contributed by atoms with Crippen LogP contribution in [0.4, 0.5) is 65.9 Å². The van der Waals surface area contributed by atoms with Gasteiger partial charge in [-0.3, -0.25) is 4.89 Å². The summed E-state index contributed by atoms with van der Waals surface area (Å²) in [5.74, 6) is -44.6. The van der Waals surface area contributed by atoms with E-state index in [1.807, 2.05) is 0 Å². The van der Waals surface area contributed by atoms with Crippen molar-refractivity contribution in [2.75, 3.05) is 46.3 Å². The number of carbonyl (C=O) groups is 2. The molecule has 0 bridgehead atoms. The molecule has 2 atom stereocenters. The van der Waals surface area contributed by atoms with Gasteiger partial charge < -0.3 is 18.9 Å². The quantitative estimate of drug-likeness (QED) is 0.0150. The van der Waals surface area contributed by atoms with Gasteiger partial charge in [0.1, 0.15) is 19.4 Å². The Hall–Kier alpha value is -4.03. The maximum absolute atomic E-state index is 15.0. The van der Waals surface area contributed by atoms with Crippen molar-refractivity contribution in [1.82, 2.24) is 0 Å². The Bertz CT molecular complexity index is 1480. The van der Waals surface area contributed by atoms with Gasteiger partial charge in [-0.2, -0.15) is 31.2 Å². The topological polar surface area (TPSA) is 136 Å². The van der Waals surface area contributed by atoms with Gasteiger partial charge in [-0.05, 0) is 30.3 Å². The third kappa shape index (κ3) is 16.2. The highest BCUT2D eigenvalue weighted by molar-refractivity contribution is 5.87. The summed E-state index contributed by atoms with van der Waals surface area (Å²) in [4.78, 5) is 31.0.